The second-order valence-electron chi connectivity index (χ2n) is 22.7. The van der Waals surface area contributed by atoms with Gasteiger partial charge in [-0.25, -0.2) is 0 Å². The predicted molar refractivity (Wildman–Crippen MR) is 321 cm³/mol. The van der Waals surface area contributed by atoms with Gasteiger partial charge in [-0.15, -0.1) is 0 Å². The summed E-state index contributed by atoms with van der Waals surface area (Å²) in [6, 6.07) is 0. The molecule has 0 aromatic rings. The largest absolute Gasteiger partial charge is 0.462 e. The molecule has 0 rings (SSSR count). The van der Waals surface area contributed by atoms with Gasteiger partial charge < -0.3 is 14.2 Å². The molecule has 0 amide bonds. The van der Waals surface area contributed by atoms with Crippen LogP contribution in [-0.4, -0.2) is 37.2 Å². The molecule has 0 saturated heterocycles. The van der Waals surface area contributed by atoms with Crippen LogP contribution in [0, 0.1) is 0 Å². The first-order valence-electron chi connectivity index (χ1n) is 33.3. The SMILES string of the molecule is CCC/C=C\C/C=C\CCCCCCCC(=O)OC(COC(=O)CCCCCCCCCCCCCCC)COC(=O)CCCCCCCCCCCCCCCCCCCCCCCCCCCCCCCC. The van der Waals surface area contributed by atoms with Crippen LogP contribution in [0.25, 0.3) is 0 Å². The molecule has 74 heavy (non-hydrogen) atoms. The van der Waals surface area contributed by atoms with E-state index in [1.54, 1.807) is 0 Å². The molecule has 0 aliphatic rings. The monoisotopic (exact) mass is 1040 g/mol. The zero-order valence-corrected chi connectivity index (χ0v) is 50.1. The topological polar surface area (TPSA) is 78.9 Å². The van der Waals surface area contributed by atoms with Crippen molar-refractivity contribution in [1.82, 2.24) is 0 Å². The Morgan fingerprint density at radius 1 is 0.270 bits per heavy atom. The van der Waals surface area contributed by atoms with Crippen molar-refractivity contribution in [2.24, 2.45) is 0 Å². The molecule has 0 fully saturated rings. The van der Waals surface area contributed by atoms with Crippen LogP contribution in [0.15, 0.2) is 24.3 Å². The highest BCUT2D eigenvalue weighted by atomic mass is 16.6. The second-order valence-corrected chi connectivity index (χ2v) is 22.7. The zero-order chi connectivity index (χ0) is 53.6. The standard InChI is InChI=1S/C68H128O6/c1-4-7-10-13-16-19-22-25-26-27-28-29-30-31-32-33-34-35-36-37-38-39-40-41-44-46-49-52-55-58-61-67(70)73-64-65(74-68(71)62-59-56-53-50-47-43-24-21-18-15-12-9-6-3)63-72-66(69)60-57-54-51-48-45-42-23-20-17-14-11-8-5-2/h12,15,21,24,65H,4-11,13-14,16-20,22-23,25-64H2,1-3H3/b15-12-,24-21-. The van der Waals surface area contributed by atoms with E-state index in [-0.39, 0.29) is 31.1 Å². The molecule has 0 radical (unpaired) electrons. The Labute approximate surface area is 462 Å². The maximum atomic E-state index is 12.8. The first-order valence-corrected chi connectivity index (χ1v) is 33.3. The van der Waals surface area contributed by atoms with Crippen molar-refractivity contribution in [3.8, 4) is 0 Å². The predicted octanol–water partition coefficient (Wildman–Crippen LogP) is 22.6. The number of rotatable bonds is 62. The number of hydrogen-bond donors (Lipinski definition) is 0. The summed E-state index contributed by atoms with van der Waals surface area (Å²) < 4.78 is 16.9. The van der Waals surface area contributed by atoms with Gasteiger partial charge in [0.25, 0.3) is 0 Å². The molecular formula is C68H128O6. The highest BCUT2D eigenvalue weighted by molar-refractivity contribution is 5.71. The molecule has 6 nitrogen and oxygen atoms in total. The van der Waals surface area contributed by atoms with E-state index in [1.165, 1.54) is 244 Å². The van der Waals surface area contributed by atoms with Gasteiger partial charge in [0, 0.05) is 19.3 Å². The van der Waals surface area contributed by atoms with Gasteiger partial charge in [-0.3, -0.25) is 14.4 Å². The van der Waals surface area contributed by atoms with Gasteiger partial charge in [-0.1, -0.05) is 334 Å². The fourth-order valence-corrected chi connectivity index (χ4v) is 10.2. The highest BCUT2D eigenvalue weighted by Crippen LogP contribution is 2.19. The summed E-state index contributed by atoms with van der Waals surface area (Å²) in [5.74, 6) is -0.861. The van der Waals surface area contributed by atoms with E-state index >= 15 is 0 Å². The highest BCUT2D eigenvalue weighted by Gasteiger charge is 2.19. The quantitative estimate of drug-likeness (QED) is 0.0261. The summed E-state index contributed by atoms with van der Waals surface area (Å²) in [7, 11) is 0. The lowest BCUT2D eigenvalue weighted by molar-refractivity contribution is -0.167. The van der Waals surface area contributed by atoms with Crippen molar-refractivity contribution >= 4 is 17.9 Å². The number of allylic oxidation sites excluding steroid dienone is 4. The smallest absolute Gasteiger partial charge is 0.306 e. The minimum Gasteiger partial charge on any atom is -0.462 e. The van der Waals surface area contributed by atoms with Crippen LogP contribution >= 0.6 is 0 Å². The summed E-state index contributed by atoms with van der Waals surface area (Å²) in [5.41, 5.74) is 0. The van der Waals surface area contributed by atoms with Gasteiger partial charge in [0.15, 0.2) is 6.10 Å². The third kappa shape index (κ3) is 60.8. The van der Waals surface area contributed by atoms with E-state index in [9.17, 15) is 14.4 Å². The molecule has 0 spiro atoms. The number of unbranched alkanes of at least 4 members (excludes halogenated alkanes) is 47. The lowest BCUT2D eigenvalue weighted by Gasteiger charge is -2.18. The van der Waals surface area contributed by atoms with Gasteiger partial charge in [0.05, 0.1) is 0 Å². The third-order valence-corrected chi connectivity index (χ3v) is 15.2. The number of ether oxygens (including phenoxy) is 3. The third-order valence-electron chi connectivity index (χ3n) is 15.2. The Kier molecular flexibility index (Phi) is 61.6. The number of esters is 3. The van der Waals surface area contributed by atoms with Crippen LogP contribution in [0.4, 0.5) is 0 Å². The second kappa shape index (κ2) is 63.4. The van der Waals surface area contributed by atoms with E-state index in [0.29, 0.717) is 19.3 Å². The molecule has 1 atom stereocenters. The van der Waals surface area contributed by atoms with E-state index in [2.05, 4.69) is 45.1 Å². The minimum atomic E-state index is -0.774. The molecule has 436 valence electrons. The van der Waals surface area contributed by atoms with Crippen molar-refractivity contribution in [1.29, 1.82) is 0 Å². The van der Waals surface area contributed by atoms with Gasteiger partial charge >= 0.3 is 17.9 Å². The molecule has 0 bridgehead atoms. The molecule has 0 aliphatic heterocycles. The summed E-state index contributed by atoms with van der Waals surface area (Å²) in [6.45, 7) is 6.63. The Balaban J connectivity index is 4.08. The fraction of sp³-hybridized carbons (Fsp3) is 0.897. The lowest BCUT2D eigenvalue weighted by Crippen LogP contribution is -2.30. The number of hydrogen-bond acceptors (Lipinski definition) is 6. The van der Waals surface area contributed by atoms with E-state index in [0.717, 1.165) is 89.9 Å². The van der Waals surface area contributed by atoms with Gasteiger partial charge in [-0.05, 0) is 44.9 Å². The van der Waals surface area contributed by atoms with Crippen molar-refractivity contribution in [2.45, 2.75) is 380 Å². The fourth-order valence-electron chi connectivity index (χ4n) is 10.2. The summed E-state index contributed by atoms with van der Waals surface area (Å²) in [6.07, 6.45) is 76.5. The average molecular weight is 1040 g/mol. The summed E-state index contributed by atoms with van der Waals surface area (Å²) in [4.78, 5) is 38.2. The molecule has 0 saturated carbocycles. The lowest BCUT2D eigenvalue weighted by atomic mass is 10.0. The van der Waals surface area contributed by atoms with Gasteiger partial charge in [0.2, 0.25) is 0 Å². The van der Waals surface area contributed by atoms with Crippen molar-refractivity contribution in [3.63, 3.8) is 0 Å². The van der Waals surface area contributed by atoms with E-state index in [4.69, 9.17) is 14.2 Å². The van der Waals surface area contributed by atoms with Crippen molar-refractivity contribution in [2.75, 3.05) is 13.2 Å². The van der Waals surface area contributed by atoms with Crippen LogP contribution < -0.4 is 0 Å². The molecule has 0 heterocycles. The molecular weight excluding hydrogens is 913 g/mol. The Bertz CT molecular complexity index is 1190. The number of carbonyl (C=O) groups is 3. The van der Waals surface area contributed by atoms with Crippen LogP contribution in [0.5, 0.6) is 0 Å². The normalized spacial score (nSPS) is 12.1. The number of carbonyl (C=O) groups excluding carboxylic acids is 3. The molecule has 0 aromatic heterocycles. The minimum absolute atomic E-state index is 0.0713. The van der Waals surface area contributed by atoms with E-state index in [1.807, 2.05) is 0 Å². The van der Waals surface area contributed by atoms with Crippen molar-refractivity contribution < 1.29 is 28.6 Å². The molecule has 0 aromatic carbocycles. The molecule has 0 N–H and O–H groups in total. The first kappa shape index (κ1) is 71.9. The van der Waals surface area contributed by atoms with Crippen molar-refractivity contribution in [3.05, 3.63) is 24.3 Å². The first-order chi connectivity index (χ1) is 36.5. The maximum absolute atomic E-state index is 12.8. The molecule has 1 unspecified atom stereocenters. The van der Waals surface area contributed by atoms with Crippen LogP contribution in [-0.2, 0) is 28.6 Å². The maximum Gasteiger partial charge on any atom is 0.306 e. The summed E-state index contributed by atoms with van der Waals surface area (Å²) >= 11 is 0. The molecule has 0 aliphatic carbocycles. The molecule has 6 heteroatoms. The summed E-state index contributed by atoms with van der Waals surface area (Å²) in [5, 5.41) is 0. The van der Waals surface area contributed by atoms with Crippen LogP contribution in [0.3, 0.4) is 0 Å². The Morgan fingerprint density at radius 2 is 0.514 bits per heavy atom. The van der Waals surface area contributed by atoms with Crippen LogP contribution in [0.1, 0.15) is 374 Å². The Morgan fingerprint density at radius 3 is 0.797 bits per heavy atom. The average Bonchev–Trinajstić information content (AvgIpc) is 3.40. The zero-order valence-electron chi connectivity index (χ0n) is 50.1. The van der Waals surface area contributed by atoms with Gasteiger partial charge in [0.1, 0.15) is 13.2 Å². The Hall–Kier alpha value is -2.11. The van der Waals surface area contributed by atoms with E-state index < -0.39 is 6.10 Å². The van der Waals surface area contributed by atoms with Gasteiger partial charge in [-0.2, -0.15) is 0 Å². The van der Waals surface area contributed by atoms with Crippen LogP contribution in [0.2, 0.25) is 0 Å².